The van der Waals surface area contributed by atoms with Crippen molar-refractivity contribution >= 4 is 28.4 Å². The van der Waals surface area contributed by atoms with E-state index in [4.69, 9.17) is 11.6 Å². The Morgan fingerprint density at radius 3 is 2.68 bits per heavy atom. The van der Waals surface area contributed by atoms with Crippen molar-refractivity contribution in [2.45, 2.75) is 51.0 Å². The average molecular weight is 395 g/mol. The van der Waals surface area contributed by atoms with Gasteiger partial charge in [0.1, 0.15) is 0 Å². The predicted molar refractivity (Wildman–Crippen MR) is 116 cm³/mol. The number of amides is 1. The van der Waals surface area contributed by atoms with Crippen molar-refractivity contribution in [2.24, 2.45) is 5.92 Å². The molecule has 1 amide bonds. The van der Waals surface area contributed by atoms with E-state index in [1.54, 1.807) is 0 Å². The van der Waals surface area contributed by atoms with Crippen molar-refractivity contribution in [2.75, 3.05) is 0 Å². The Bertz CT molecular complexity index is 928. The summed E-state index contributed by atoms with van der Waals surface area (Å²) in [6.45, 7) is 0.580. The second kappa shape index (κ2) is 8.83. The summed E-state index contributed by atoms with van der Waals surface area (Å²) in [6, 6.07) is 16.0. The lowest BCUT2D eigenvalue weighted by Crippen LogP contribution is -2.27. The van der Waals surface area contributed by atoms with E-state index in [1.165, 1.54) is 37.7 Å². The zero-order valence-corrected chi connectivity index (χ0v) is 16.8. The van der Waals surface area contributed by atoms with E-state index in [0.29, 0.717) is 18.9 Å². The molecule has 3 aromatic rings. The summed E-state index contributed by atoms with van der Waals surface area (Å²) in [7, 11) is 0. The van der Waals surface area contributed by atoms with Gasteiger partial charge in [-0.1, -0.05) is 61.2 Å². The number of benzene rings is 2. The maximum Gasteiger partial charge on any atom is 0.220 e. The molecule has 0 saturated heterocycles. The van der Waals surface area contributed by atoms with E-state index in [1.807, 2.05) is 48.5 Å². The number of H-pyrrole nitrogens is 1. The molecule has 1 atom stereocenters. The van der Waals surface area contributed by atoms with Crippen molar-refractivity contribution in [3.05, 3.63) is 70.9 Å². The molecule has 1 saturated carbocycles. The molecule has 0 bridgehead atoms. The summed E-state index contributed by atoms with van der Waals surface area (Å²) in [5, 5.41) is 5.01. The van der Waals surface area contributed by atoms with Crippen LogP contribution in [-0.4, -0.2) is 10.9 Å². The Kier molecular flexibility index (Phi) is 6.01. The van der Waals surface area contributed by atoms with E-state index in [9.17, 15) is 4.79 Å². The topological polar surface area (TPSA) is 44.9 Å². The van der Waals surface area contributed by atoms with Gasteiger partial charge in [0.05, 0.1) is 0 Å². The van der Waals surface area contributed by atoms with Crippen LogP contribution in [0.3, 0.4) is 0 Å². The third-order valence-corrected chi connectivity index (χ3v) is 6.27. The van der Waals surface area contributed by atoms with Gasteiger partial charge < -0.3 is 10.3 Å². The molecule has 1 heterocycles. The highest BCUT2D eigenvalue weighted by atomic mass is 35.5. The Morgan fingerprint density at radius 2 is 1.89 bits per heavy atom. The maximum absolute atomic E-state index is 12.8. The molecule has 3 nitrogen and oxygen atoms in total. The second-order valence-electron chi connectivity index (χ2n) is 7.90. The smallest absolute Gasteiger partial charge is 0.220 e. The number of hydrogen-bond donors (Lipinski definition) is 2. The highest BCUT2D eigenvalue weighted by Gasteiger charge is 2.29. The second-order valence-corrected chi connectivity index (χ2v) is 8.34. The van der Waals surface area contributed by atoms with Gasteiger partial charge in [-0.25, -0.2) is 0 Å². The minimum Gasteiger partial charge on any atom is -0.361 e. The van der Waals surface area contributed by atoms with Crippen LogP contribution in [-0.2, 0) is 11.3 Å². The van der Waals surface area contributed by atoms with E-state index in [-0.39, 0.29) is 11.8 Å². The van der Waals surface area contributed by atoms with Gasteiger partial charge in [-0.2, -0.15) is 0 Å². The number of nitrogens with one attached hydrogen (secondary N) is 2. The van der Waals surface area contributed by atoms with Crippen LogP contribution < -0.4 is 5.32 Å². The fourth-order valence-electron chi connectivity index (χ4n) is 4.56. The molecule has 1 aromatic heterocycles. The third-order valence-electron chi connectivity index (χ3n) is 6.03. The minimum absolute atomic E-state index is 0.121. The van der Waals surface area contributed by atoms with Gasteiger partial charge in [0, 0.05) is 35.1 Å². The van der Waals surface area contributed by atoms with Crippen molar-refractivity contribution in [3.63, 3.8) is 0 Å². The van der Waals surface area contributed by atoms with Crippen LogP contribution in [0.2, 0.25) is 5.02 Å². The van der Waals surface area contributed by atoms with Crippen molar-refractivity contribution in [1.82, 2.24) is 10.3 Å². The van der Waals surface area contributed by atoms with E-state index >= 15 is 0 Å². The molecule has 2 aromatic carbocycles. The number of fused-ring (bicyclic) bond motifs is 1. The fraction of sp³-hybridized carbons (Fsp3) is 0.375. The van der Waals surface area contributed by atoms with E-state index in [2.05, 4.69) is 16.5 Å². The van der Waals surface area contributed by atoms with E-state index in [0.717, 1.165) is 21.5 Å². The summed E-state index contributed by atoms with van der Waals surface area (Å²) in [5.74, 6) is 0.897. The number of hydrogen-bond acceptors (Lipinski definition) is 1. The van der Waals surface area contributed by atoms with Gasteiger partial charge in [-0.05, 0) is 54.0 Å². The van der Waals surface area contributed by atoms with Crippen molar-refractivity contribution in [3.8, 4) is 0 Å². The normalized spacial score (nSPS) is 16.2. The molecule has 1 aliphatic carbocycles. The number of aromatic nitrogens is 1. The molecule has 0 aliphatic heterocycles. The van der Waals surface area contributed by atoms with Crippen LogP contribution in [0.5, 0.6) is 0 Å². The van der Waals surface area contributed by atoms with Crippen LogP contribution in [0.15, 0.2) is 54.7 Å². The molecular formula is C24H27ClN2O. The third kappa shape index (κ3) is 4.41. The number of aromatic amines is 1. The molecule has 0 radical (unpaired) electrons. The van der Waals surface area contributed by atoms with Crippen LogP contribution in [0.4, 0.5) is 0 Å². The van der Waals surface area contributed by atoms with Crippen LogP contribution >= 0.6 is 11.6 Å². The zero-order valence-electron chi connectivity index (χ0n) is 16.1. The molecular weight excluding hydrogens is 368 g/mol. The van der Waals surface area contributed by atoms with Gasteiger partial charge in [-0.3, -0.25) is 4.79 Å². The highest BCUT2D eigenvalue weighted by molar-refractivity contribution is 6.31. The van der Waals surface area contributed by atoms with Crippen LogP contribution in [0, 0.1) is 5.92 Å². The minimum atomic E-state index is 0.121. The SMILES string of the molecule is O=C(CC(c1c[nH]c2ccc(Cl)cc12)C1CCCCC1)NCc1ccccc1. The van der Waals surface area contributed by atoms with Crippen molar-refractivity contribution < 1.29 is 4.79 Å². The fourth-order valence-corrected chi connectivity index (χ4v) is 4.73. The number of rotatable bonds is 6. The lowest BCUT2D eigenvalue weighted by atomic mass is 9.75. The standard InChI is InChI=1S/C24H27ClN2O/c25-19-11-12-23-21(13-19)22(16-26-23)20(18-9-5-2-6-10-18)14-24(28)27-15-17-7-3-1-4-8-17/h1,3-4,7-8,11-13,16,18,20,26H,2,5-6,9-10,14-15H2,(H,27,28). The lowest BCUT2D eigenvalue weighted by molar-refractivity contribution is -0.122. The monoisotopic (exact) mass is 394 g/mol. The largest absolute Gasteiger partial charge is 0.361 e. The first kappa shape index (κ1) is 19.1. The summed E-state index contributed by atoms with van der Waals surface area (Å²) in [4.78, 5) is 16.2. The summed E-state index contributed by atoms with van der Waals surface area (Å²) < 4.78 is 0. The quantitative estimate of drug-likeness (QED) is 0.514. The molecule has 4 rings (SSSR count). The number of carbonyl (C=O) groups is 1. The Morgan fingerprint density at radius 1 is 1.11 bits per heavy atom. The Balaban J connectivity index is 1.54. The predicted octanol–water partition coefficient (Wildman–Crippen LogP) is 6.19. The molecule has 2 N–H and O–H groups in total. The molecule has 1 fully saturated rings. The summed E-state index contributed by atoms with van der Waals surface area (Å²) in [5.41, 5.74) is 3.45. The maximum atomic E-state index is 12.8. The lowest BCUT2D eigenvalue weighted by Gasteiger charge is -2.30. The molecule has 146 valence electrons. The Labute approximate surface area is 171 Å². The van der Waals surface area contributed by atoms with Crippen LogP contribution in [0.1, 0.15) is 55.6 Å². The van der Waals surface area contributed by atoms with Gasteiger partial charge >= 0.3 is 0 Å². The number of carbonyl (C=O) groups excluding carboxylic acids is 1. The molecule has 1 aliphatic rings. The van der Waals surface area contributed by atoms with Crippen LogP contribution in [0.25, 0.3) is 10.9 Å². The first-order valence-electron chi connectivity index (χ1n) is 10.3. The van der Waals surface area contributed by atoms with Gasteiger partial charge in [0.2, 0.25) is 5.91 Å². The molecule has 4 heteroatoms. The highest BCUT2D eigenvalue weighted by Crippen LogP contribution is 2.41. The van der Waals surface area contributed by atoms with E-state index < -0.39 is 0 Å². The Hall–Kier alpha value is -2.26. The molecule has 0 spiro atoms. The molecule has 28 heavy (non-hydrogen) atoms. The van der Waals surface area contributed by atoms with Crippen molar-refractivity contribution in [1.29, 1.82) is 0 Å². The first-order valence-corrected chi connectivity index (χ1v) is 10.7. The van der Waals surface area contributed by atoms with Gasteiger partial charge in [-0.15, -0.1) is 0 Å². The van der Waals surface area contributed by atoms with Gasteiger partial charge in [0.25, 0.3) is 0 Å². The first-order chi connectivity index (χ1) is 13.7. The summed E-state index contributed by atoms with van der Waals surface area (Å²) in [6.07, 6.45) is 8.84. The molecule has 1 unspecified atom stereocenters. The summed E-state index contributed by atoms with van der Waals surface area (Å²) >= 11 is 6.27. The average Bonchev–Trinajstić information content (AvgIpc) is 3.14. The van der Waals surface area contributed by atoms with Gasteiger partial charge in [0.15, 0.2) is 0 Å². The number of halogens is 1. The zero-order chi connectivity index (χ0) is 19.3.